The average molecular weight is 419 g/mol. The second-order valence-corrected chi connectivity index (χ2v) is 6.48. The smallest absolute Gasteiger partial charge is 0.184 e. The van der Waals surface area contributed by atoms with Gasteiger partial charge in [-0.2, -0.15) is 5.10 Å². The number of hydrazone groups is 1. The molecular formula is C16H14Cl3N3O2S. The molecule has 0 aliphatic heterocycles. The van der Waals surface area contributed by atoms with Crippen molar-refractivity contribution in [2.75, 3.05) is 7.11 Å². The topological polar surface area (TPSA) is 68.9 Å². The van der Waals surface area contributed by atoms with E-state index in [0.717, 1.165) is 5.56 Å². The number of ether oxygens (including phenoxy) is 2. The summed E-state index contributed by atoms with van der Waals surface area (Å²) in [4.78, 5) is 0. The van der Waals surface area contributed by atoms with Crippen LogP contribution >= 0.6 is 47.0 Å². The van der Waals surface area contributed by atoms with Gasteiger partial charge in [0, 0.05) is 15.6 Å². The van der Waals surface area contributed by atoms with Crippen LogP contribution < -0.4 is 20.6 Å². The van der Waals surface area contributed by atoms with Crippen LogP contribution in [0.5, 0.6) is 11.5 Å². The molecule has 0 fully saturated rings. The Labute approximate surface area is 165 Å². The SMILES string of the molecule is COc1cc(/C=N\NC(N)=S)cc(Cl)c1OCc1ccc(Cl)cc1Cl. The first-order valence-electron chi connectivity index (χ1n) is 6.93. The molecule has 2 aromatic rings. The zero-order valence-electron chi connectivity index (χ0n) is 13.1. The average Bonchev–Trinajstić information content (AvgIpc) is 2.54. The number of methoxy groups -OCH3 is 1. The van der Waals surface area contributed by atoms with Crippen molar-refractivity contribution in [3.63, 3.8) is 0 Å². The third-order valence-electron chi connectivity index (χ3n) is 3.03. The Morgan fingerprint density at radius 1 is 1.24 bits per heavy atom. The van der Waals surface area contributed by atoms with Crippen LogP contribution in [0, 0.1) is 0 Å². The first-order valence-corrected chi connectivity index (χ1v) is 8.47. The molecule has 132 valence electrons. The molecule has 0 radical (unpaired) electrons. The number of nitrogens with zero attached hydrogens (tertiary/aromatic N) is 1. The van der Waals surface area contributed by atoms with Crippen molar-refractivity contribution >= 4 is 58.3 Å². The van der Waals surface area contributed by atoms with Crippen LogP contribution in [-0.4, -0.2) is 18.4 Å². The van der Waals surface area contributed by atoms with Gasteiger partial charge in [-0.05, 0) is 42.0 Å². The number of hydrogen-bond donors (Lipinski definition) is 2. The van der Waals surface area contributed by atoms with Gasteiger partial charge in [-0.15, -0.1) is 0 Å². The number of nitrogens with one attached hydrogen (secondary N) is 1. The summed E-state index contributed by atoms with van der Waals surface area (Å²) in [6.45, 7) is 0.211. The number of hydrogen-bond acceptors (Lipinski definition) is 4. The highest BCUT2D eigenvalue weighted by Gasteiger charge is 2.13. The fourth-order valence-corrected chi connectivity index (χ4v) is 2.70. The van der Waals surface area contributed by atoms with Crippen molar-refractivity contribution in [1.29, 1.82) is 0 Å². The van der Waals surface area contributed by atoms with Crippen LogP contribution in [0.4, 0.5) is 0 Å². The molecule has 2 rings (SSSR count). The van der Waals surface area contributed by atoms with E-state index >= 15 is 0 Å². The maximum atomic E-state index is 6.29. The third kappa shape index (κ3) is 5.64. The minimum Gasteiger partial charge on any atom is -0.493 e. The van der Waals surface area contributed by atoms with Gasteiger partial charge >= 0.3 is 0 Å². The Hall–Kier alpha value is -1.73. The predicted molar refractivity (Wildman–Crippen MR) is 106 cm³/mol. The van der Waals surface area contributed by atoms with Crippen molar-refractivity contribution in [2.45, 2.75) is 6.61 Å². The molecule has 0 amide bonds. The summed E-state index contributed by atoms with van der Waals surface area (Å²) in [5.41, 5.74) is 9.22. The molecule has 9 heteroatoms. The fraction of sp³-hybridized carbons (Fsp3) is 0.125. The van der Waals surface area contributed by atoms with Gasteiger partial charge in [0.05, 0.1) is 18.3 Å². The molecule has 0 bridgehead atoms. The van der Waals surface area contributed by atoms with Crippen LogP contribution in [0.2, 0.25) is 15.1 Å². The van der Waals surface area contributed by atoms with Crippen LogP contribution in [0.1, 0.15) is 11.1 Å². The van der Waals surface area contributed by atoms with Gasteiger partial charge in [0.1, 0.15) is 6.61 Å². The number of benzene rings is 2. The van der Waals surface area contributed by atoms with Crippen molar-refractivity contribution in [1.82, 2.24) is 5.43 Å². The van der Waals surface area contributed by atoms with E-state index in [1.165, 1.54) is 13.3 Å². The second-order valence-electron chi connectivity index (χ2n) is 4.79. The molecule has 0 saturated carbocycles. The van der Waals surface area contributed by atoms with Gasteiger partial charge in [-0.25, -0.2) is 0 Å². The molecule has 0 spiro atoms. The van der Waals surface area contributed by atoms with Crippen molar-refractivity contribution in [3.8, 4) is 11.5 Å². The Bertz CT molecular complexity index is 815. The second kappa shape index (κ2) is 9.10. The molecule has 0 saturated heterocycles. The van der Waals surface area contributed by atoms with Gasteiger partial charge in [-0.1, -0.05) is 40.9 Å². The molecule has 0 aliphatic rings. The van der Waals surface area contributed by atoms with E-state index in [4.69, 9.17) is 50.0 Å². The third-order valence-corrected chi connectivity index (χ3v) is 3.99. The van der Waals surface area contributed by atoms with Gasteiger partial charge < -0.3 is 15.2 Å². The van der Waals surface area contributed by atoms with E-state index in [-0.39, 0.29) is 11.7 Å². The molecule has 0 aliphatic carbocycles. The van der Waals surface area contributed by atoms with Gasteiger partial charge in [-0.3, -0.25) is 5.43 Å². The molecule has 0 unspecified atom stereocenters. The van der Waals surface area contributed by atoms with Crippen LogP contribution in [0.3, 0.4) is 0 Å². The Morgan fingerprint density at radius 3 is 2.64 bits per heavy atom. The first kappa shape index (κ1) is 19.6. The van der Waals surface area contributed by atoms with Crippen LogP contribution in [-0.2, 0) is 6.61 Å². The van der Waals surface area contributed by atoms with Crippen LogP contribution in [0.15, 0.2) is 35.4 Å². The lowest BCUT2D eigenvalue weighted by Crippen LogP contribution is -2.23. The Balaban J connectivity index is 2.19. The molecule has 25 heavy (non-hydrogen) atoms. The van der Waals surface area contributed by atoms with Crippen molar-refractivity contribution in [2.24, 2.45) is 10.8 Å². The molecule has 2 aromatic carbocycles. The molecule has 3 N–H and O–H groups in total. The lowest BCUT2D eigenvalue weighted by molar-refractivity contribution is 0.285. The Kier molecular flexibility index (Phi) is 7.13. The van der Waals surface area contributed by atoms with Gasteiger partial charge in [0.15, 0.2) is 16.6 Å². The lowest BCUT2D eigenvalue weighted by atomic mass is 10.2. The molecule has 0 atom stereocenters. The molecule has 5 nitrogen and oxygen atoms in total. The van der Waals surface area contributed by atoms with E-state index in [0.29, 0.717) is 32.1 Å². The Morgan fingerprint density at radius 2 is 2.00 bits per heavy atom. The quantitative estimate of drug-likeness (QED) is 0.413. The van der Waals surface area contributed by atoms with E-state index < -0.39 is 0 Å². The summed E-state index contributed by atoms with van der Waals surface area (Å²) >= 11 is 23.0. The van der Waals surface area contributed by atoms with Crippen molar-refractivity contribution < 1.29 is 9.47 Å². The van der Waals surface area contributed by atoms with E-state index in [2.05, 4.69) is 22.7 Å². The van der Waals surface area contributed by atoms with Crippen LogP contribution in [0.25, 0.3) is 0 Å². The summed E-state index contributed by atoms with van der Waals surface area (Å²) in [7, 11) is 1.52. The largest absolute Gasteiger partial charge is 0.493 e. The number of nitrogens with two attached hydrogens (primary N) is 1. The minimum absolute atomic E-state index is 0.0640. The maximum absolute atomic E-state index is 6.29. The summed E-state index contributed by atoms with van der Waals surface area (Å²) in [6.07, 6.45) is 1.51. The summed E-state index contributed by atoms with van der Waals surface area (Å²) in [5, 5.41) is 5.36. The highest BCUT2D eigenvalue weighted by Crippen LogP contribution is 2.37. The van der Waals surface area contributed by atoms with E-state index in [1.807, 2.05) is 0 Å². The minimum atomic E-state index is 0.0640. The van der Waals surface area contributed by atoms with Gasteiger partial charge in [0.25, 0.3) is 0 Å². The number of rotatable bonds is 6. The summed E-state index contributed by atoms with van der Waals surface area (Å²) in [5.74, 6) is 0.851. The molecule has 0 aromatic heterocycles. The lowest BCUT2D eigenvalue weighted by Gasteiger charge is -2.14. The molecule has 0 heterocycles. The maximum Gasteiger partial charge on any atom is 0.184 e. The van der Waals surface area contributed by atoms with E-state index in [1.54, 1.807) is 30.3 Å². The summed E-state index contributed by atoms with van der Waals surface area (Å²) in [6, 6.07) is 8.56. The highest BCUT2D eigenvalue weighted by molar-refractivity contribution is 7.80. The summed E-state index contributed by atoms with van der Waals surface area (Å²) < 4.78 is 11.1. The van der Waals surface area contributed by atoms with E-state index in [9.17, 15) is 0 Å². The number of thiocarbonyl (C=S) groups is 1. The van der Waals surface area contributed by atoms with Gasteiger partial charge in [0.2, 0.25) is 0 Å². The zero-order chi connectivity index (χ0) is 18.4. The normalized spacial score (nSPS) is 10.7. The monoisotopic (exact) mass is 417 g/mol. The highest BCUT2D eigenvalue weighted by atomic mass is 35.5. The van der Waals surface area contributed by atoms with Crippen molar-refractivity contribution in [3.05, 3.63) is 56.5 Å². The first-order chi connectivity index (χ1) is 11.9. The number of halogens is 3. The molecular weight excluding hydrogens is 405 g/mol. The zero-order valence-corrected chi connectivity index (χ0v) is 16.1. The predicted octanol–water partition coefficient (Wildman–Crippen LogP) is 4.40. The standard InChI is InChI=1S/C16H14Cl3N3O2S/c1-23-14-5-9(7-21-22-16(20)25)4-13(19)15(14)24-8-10-2-3-11(17)6-12(10)18/h2-7H,8H2,1H3,(H3,20,22,25)/b21-7-. The fourth-order valence-electron chi connectivity index (χ4n) is 1.91.